The summed E-state index contributed by atoms with van der Waals surface area (Å²) < 4.78 is 21.0. The number of aromatic nitrogens is 1. The maximum atomic E-state index is 13.6. The van der Waals surface area contributed by atoms with Crippen LogP contribution in [0.25, 0.3) is 10.9 Å². The van der Waals surface area contributed by atoms with Crippen LogP contribution in [0.2, 0.25) is 0 Å². The highest BCUT2D eigenvalue weighted by atomic mass is 19.1. The monoisotopic (exact) mass is 262 g/mol. The average molecular weight is 262 g/mol. The van der Waals surface area contributed by atoms with Gasteiger partial charge in [-0.3, -0.25) is 0 Å². The van der Waals surface area contributed by atoms with E-state index in [4.69, 9.17) is 4.74 Å². The first-order chi connectivity index (χ1) is 9.34. The van der Waals surface area contributed by atoms with Crippen molar-refractivity contribution in [2.75, 3.05) is 19.8 Å². The summed E-state index contributed by atoms with van der Waals surface area (Å²) in [7, 11) is 0. The Kier molecular flexibility index (Phi) is 3.80. The smallest absolute Gasteiger partial charge is 0.132 e. The fourth-order valence-electron chi connectivity index (χ4n) is 2.67. The van der Waals surface area contributed by atoms with Crippen molar-refractivity contribution in [3.8, 4) is 0 Å². The second kappa shape index (κ2) is 5.72. The lowest BCUT2D eigenvalue weighted by Gasteiger charge is -2.23. The lowest BCUT2D eigenvalue weighted by molar-refractivity contribution is 0.0779. The Hall–Kier alpha value is -1.39. The molecular weight excluding hydrogens is 243 g/mol. The van der Waals surface area contributed by atoms with Crippen molar-refractivity contribution >= 4 is 10.9 Å². The lowest BCUT2D eigenvalue weighted by atomic mass is 10.1. The van der Waals surface area contributed by atoms with E-state index in [2.05, 4.69) is 9.88 Å². The molecule has 0 amide bonds. The van der Waals surface area contributed by atoms with Gasteiger partial charge in [0.15, 0.2) is 0 Å². The molecule has 2 heterocycles. The Balaban J connectivity index is 1.60. The van der Waals surface area contributed by atoms with E-state index >= 15 is 0 Å². The molecule has 19 heavy (non-hydrogen) atoms. The van der Waals surface area contributed by atoms with Crippen molar-refractivity contribution in [1.82, 2.24) is 9.88 Å². The number of nitrogens with one attached hydrogen (secondary N) is 1. The number of hydrogen-bond acceptors (Lipinski definition) is 2. The Morgan fingerprint density at radius 3 is 2.95 bits per heavy atom. The maximum Gasteiger partial charge on any atom is 0.132 e. The summed E-state index contributed by atoms with van der Waals surface area (Å²) in [6, 6.07) is 7.64. The van der Waals surface area contributed by atoms with Crippen LogP contribution in [0.15, 0.2) is 30.5 Å². The Labute approximate surface area is 112 Å². The van der Waals surface area contributed by atoms with Gasteiger partial charge in [0.05, 0.1) is 5.52 Å². The van der Waals surface area contributed by atoms with Gasteiger partial charge in [-0.25, -0.2) is 4.39 Å². The molecule has 2 aromatic rings. The molecule has 1 N–H and O–H groups in total. The average Bonchev–Trinajstić information content (AvgIpc) is 2.85. The van der Waals surface area contributed by atoms with E-state index in [0.717, 1.165) is 44.7 Å². The van der Waals surface area contributed by atoms with Crippen molar-refractivity contribution in [3.05, 3.63) is 36.3 Å². The number of hydrogen-bond donors (Lipinski definition) is 1. The molecule has 3 rings (SSSR count). The molecule has 0 atom stereocenters. The van der Waals surface area contributed by atoms with E-state index in [1.54, 1.807) is 6.07 Å². The second-order valence-electron chi connectivity index (χ2n) is 5.02. The van der Waals surface area contributed by atoms with E-state index in [0.29, 0.717) is 11.4 Å². The molecule has 102 valence electrons. The zero-order valence-electron chi connectivity index (χ0n) is 10.9. The van der Waals surface area contributed by atoms with Gasteiger partial charge in [-0.15, -0.1) is 0 Å². The van der Waals surface area contributed by atoms with E-state index in [1.165, 1.54) is 6.07 Å². The van der Waals surface area contributed by atoms with Gasteiger partial charge in [0, 0.05) is 43.9 Å². The Morgan fingerprint density at radius 2 is 2.11 bits per heavy atom. The summed E-state index contributed by atoms with van der Waals surface area (Å²) in [5.41, 5.74) is 0.966. The first-order valence-electron chi connectivity index (χ1n) is 6.89. The summed E-state index contributed by atoms with van der Waals surface area (Å²) in [6.45, 7) is 3.49. The minimum atomic E-state index is -0.145. The molecule has 4 heteroatoms. The van der Waals surface area contributed by atoms with E-state index in [1.807, 2.05) is 18.3 Å². The van der Waals surface area contributed by atoms with Gasteiger partial charge in [-0.2, -0.15) is 0 Å². The number of halogens is 1. The molecule has 0 spiro atoms. The highest BCUT2D eigenvalue weighted by molar-refractivity contribution is 5.80. The summed E-state index contributed by atoms with van der Waals surface area (Å²) in [4.78, 5) is 0. The first-order valence-corrected chi connectivity index (χ1v) is 6.89. The van der Waals surface area contributed by atoms with Gasteiger partial charge in [0.25, 0.3) is 0 Å². The molecule has 1 aliphatic rings. The van der Waals surface area contributed by atoms with Crippen LogP contribution in [0.1, 0.15) is 12.8 Å². The zero-order valence-corrected chi connectivity index (χ0v) is 10.9. The largest absolute Gasteiger partial charge is 0.381 e. The number of fused-ring (bicyclic) bond motifs is 1. The second-order valence-corrected chi connectivity index (χ2v) is 5.02. The predicted octanol–water partition coefficient (Wildman–Crippen LogP) is 2.55. The van der Waals surface area contributed by atoms with Crippen LogP contribution in [-0.2, 0) is 11.3 Å². The molecule has 1 fully saturated rings. The lowest BCUT2D eigenvalue weighted by Crippen LogP contribution is -2.36. The molecule has 3 nitrogen and oxygen atoms in total. The molecule has 0 radical (unpaired) electrons. The highest BCUT2D eigenvalue weighted by Crippen LogP contribution is 2.18. The molecule has 0 unspecified atom stereocenters. The number of benzene rings is 1. The van der Waals surface area contributed by atoms with E-state index in [-0.39, 0.29) is 5.82 Å². The molecule has 1 saturated heterocycles. The highest BCUT2D eigenvalue weighted by Gasteiger charge is 2.12. The van der Waals surface area contributed by atoms with Crippen LogP contribution in [0.5, 0.6) is 0 Å². The third-order valence-corrected chi connectivity index (χ3v) is 3.77. The van der Waals surface area contributed by atoms with Crippen LogP contribution in [-0.4, -0.2) is 30.4 Å². The van der Waals surface area contributed by atoms with Gasteiger partial charge < -0.3 is 14.6 Å². The first kappa shape index (κ1) is 12.6. The summed E-state index contributed by atoms with van der Waals surface area (Å²) >= 11 is 0. The maximum absolute atomic E-state index is 13.6. The van der Waals surface area contributed by atoms with Gasteiger partial charge >= 0.3 is 0 Å². The van der Waals surface area contributed by atoms with Gasteiger partial charge in [0.2, 0.25) is 0 Å². The minimum absolute atomic E-state index is 0.145. The quantitative estimate of drug-likeness (QED) is 0.916. The van der Waals surface area contributed by atoms with Crippen LogP contribution >= 0.6 is 0 Å². The van der Waals surface area contributed by atoms with Gasteiger partial charge in [0.1, 0.15) is 5.82 Å². The molecule has 0 bridgehead atoms. The minimum Gasteiger partial charge on any atom is -0.381 e. The van der Waals surface area contributed by atoms with E-state index in [9.17, 15) is 4.39 Å². The third-order valence-electron chi connectivity index (χ3n) is 3.77. The molecule has 1 aromatic heterocycles. The number of ether oxygens (including phenoxy) is 1. The number of rotatable bonds is 4. The van der Waals surface area contributed by atoms with Gasteiger partial charge in [-0.05, 0) is 31.0 Å². The van der Waals surface area contributed by atoms with Crippen LogP contribution < -0.4 is 5.32 Å². The van der Waals surface area contributed by atoms with Crippen molar-refractivity contribution in [2.45, 2.75) is 25.4 Å². The van der Waals surface area contributed by atoms with Crippen molar-refractivity contribution < 1.29 is 9.13 Å². The summed E-state index contributed by atoms with van der Waals surface area (Å²) in [5, 5.41) is 4.25. The third kappa shape index (κ3) is 2.80. The fourth-order valence-corrected chi connectivity index (χ4v) is 2.67. The normalized spacial score (nSPS) is 17.1. The topological polar surface area (TPSA) is 26.2 Å². The summed E-state index contributed by atoms with van der Waals surface area (Å²) in [6.07, 6.45) is 4.13. The Morgan fingerprint density at radius 1 is 1.26 bits per heavy atom. The van der Waals surface area contributed by atoms with Crippen molar-refractivity contribution in [3.63, 3.8) is 0 Å². The van der Waals surface area contributed by atoms with E-state index < -0.39 is 0 Å². The van der Waals surface area contributed by atoms with Crippen LogP contribution in [0.3, 0.4) is 0 Å². The Bertz CT molecular complexity index is 546. The molecule has 0 aliphatic carbocycles. The predicted molar refractivity (Wildman–Crippen MR) is 73.7 cm³/mol. The van der Waals surface area contributed by atoms with Gasteiger partial charge in [-0.1, -0.05) is 6.07 Å². The molecule has 1 aromatic carbocycles. The zero-order chi connectivity index (χ0) is 13.1. The molecule has 1 aliphatic heterocycles. The fraction of sp³-hybridized carbons (Fsp3) is 0.467. The van der Waals surface area contributed by atoms with Crippen LogP contribution in [0, 0.1) is 5.82 Å². The molecular formula is C15H19FN2O. The summed E-state index contributed by atoms with van der Waals surface area (Å²) in [5.74, 6) is -0.145. The van der Waals surface area contributed by atoms with Crippen molar-refractivity contribution in [2.24, 2.45) is 0 Å². The SMILES string of the molecule is Fc1cccc2c1ccn2CCNC1CCOCC1. The van der Waals surface area contributed by atoms with Crippen molar-refractivity contribution in [1.29, 1.82) is 0 Å². The number of nitrogens with zero attached hydrogens (tertiary/aromatic N) is 1. The van der Waals surface area contributed by atoms with Crippen LogP contribution in [0.4, 0.5) is 4.39 Å². The molecule has 0 saturated carbocycles. The standard InChI is InChI=1S/C15H19FN2O/c16-14-2-1-3-15-13(14)4-8-18(15)9-7-17-12-5-10-19-11-6-12/h1-4,8,12,17H,5-7,9-11H2.